The van der Waals surface area contributed by atoms with Crippen LogP contribution in [0.5, 0.6) is 0 Å². The zero-order chi connectivity index (χ0) is 13.7. The highest BCUT2D eigenvalue weighted by atomic mass is 19.1. The maximum Gasteiger partial charge on any atom is 0.404 e. The first-order valence-corrected chi connectivity index (χ1v) is 4.96. The first kappa shape index (κ1) is 13.6. The molecule has 1 rings (SSSR count). The highest BCUT2D eigenvalue weighted by molar-refractivity contribution is 5.99. The van der Waals surface area contributed by atoms with E-state index in [1.54, 1.807) is 0 Å². The number of halogens is 1. The van der Waals surface area contributed by atoms with Crippen molar-refractivity contribution in [1.82, 2.24) is 0 Å². The fourth-order valence-electron chi connectivity index (χ4n) is 1.27. The number of ether oxygens (including phenoxy) is 1. The Balaban J connectivity index is 2.73. The van der Waals surface area contributed by atoms with E-state index in [9.17, 15) is 14.0 Å². The fourth-order valence-corrected chi connectivity index (χ4v) is 1.27. The highest BCUT2D eigenvalue weighted by Gasteiger charge is 2.11. The van der Waals surface area contributed by atoms with Crippen molar-refractivity contribution in [2.45, 2.75) is 0 Å². The summed E-state index contributed by atoms with van der Waals surface area (Å²) in [7, 11) is 0. The molecule has 98 valence electrons. The lowest BCUT2D eigenvalue weighted by Gasteiger charge is -2.10. The third-order valence-electron chi connectivity index (χ3n) is 2.07. The molecule has 0 heterocycles. The van der Waals surface area contributed by atoms with Gasteiger partial charge in [0, 0.05) is 12.2 Å². The minimum atomic E-state index is -0.924. The van der Waals surface area contributed by atoms with Gasteiger partial charge in [-0.3, -0.25) is 4.79 Å². The zero-order valence-corrected chi connectivity index (χ0v) is 9.40. The molecular formula is C10H13FN4O3. The maximum absolute atomic E-state index is 13.5. The molecular weight excluding hydrogens is 243 g/mol. The number of nitrogens with one attached hydrogen (secondary N) is 1. The van der Waals surface area contributed by atoms with Crippen LogP contribution >= 0.6 is 0 Å². The molecule has 7 nitrogen and oxygen atoms in total. The Hall–Kier alpha value is -2.51. The van der Waals surface area contributed by atoms with Crippen LogP contribution in [0.1, 0.15) is 10.4 Å². The summed E-state index contributed by atoms with van der Waals surface area (Å²) in [5.74, 6) is -1.40. The Morgan fingerprint density at radius 2 is 2.00 bits per heavy atom. The Bertz CT molecular complexity index is 478. The number of amides is 2. The van der Waals surface area contributed by atoms with Crippen LogP contribution in [-0.2, 0) is 4.74 Å². The van der Waals surface area contributed by atoms with E-state index in [4.69, 9.17) is 17.2 Å². The van der Waals surface area contributed by atoms with E-state index in [0.29, 0.717) is 0 Å². The third kappa shape index (κ3) is 3.51. The smallest absolute Gasteiger partial charge is 0.404 e. The normalized spacial score (nSPS) is 9.83. The Morgan fingerprint density at radius 1 is 1.33 bits per heavy atom. The van der Waals surface area contributed by atoms with Crippen molar-refractivity contribution in [3.05, 3.63) is 23.5 Å². The Labute approximate surface area is 102 Å². The minimum absolute atomic E-state index is 0.00900. The van der Waals surface area contributed by atoms with Gasteiger partial charge in [0.15, 0.2) is 0 Å². The van der Waals surface area contributed by atoms with Crippen LogP contribution in [0.25, 0.3) is 0 Å². The average Bonchev–Trinajstić information content (AvgIpc) is 2.25. The van der Waals surface area contributed by atoms with E-state index in [2.05, 4.69) is 10.1 Å². The van der Waals surface area contributed by atoms with Crippen LogP contribution in [0, 0.1) is 5.82 Å². The number of anilines is 2. The lowest BCUT2D eigenvalue weighted by atomic mass is 10.1. The summed E-state index contributed by atoms with van der Waals surface area (Å²) in [6.45, 7) is 0.0903. The lowest BCUT2D eigenvalue weighted by Crippen LogP contribution is -2.19. The molecule has 0 aliphatic heterocycles. The van der Waals surface area contributed by atoms with Crippen LogP contribution in [0.4, 0.5) is 20.6 Å². The van der Waals surface area contributed by atoms with Crippen molar-refractivity contribution < 1.29 is 18.7 Å². The molecule has 0 atom stereocenters. The second kappa shape index (κ2) is 5.71. The number of hydrogen-bond acceptors (Lipinski definition) is 5. The summed E-state index contributed by atoms with van der Waals surface area (Å²) in [5.41, 5.74) is 15.2. The molecule has 8 heteroatoms. The van der Waals surface area contributed by atoms with Gasteiger partial charge >= 0.3 is 6.09 Å². The van der Waals surface area contributed by atoms with Gasteiger partial charge in [-0.15, -0.1) is 0 Å². The molecule has 0 spiro atoms. The van der Waals surface area contributed by atoms with Crippen molar-refractivity contribution in [2.24, 2.45) is 11.5 Å². The average molecular weight is 256 g/mol. The van der Waals surface area contributed by atoms with E-state index < -0.39 is 17.8 Å². The predicted molar refractivity (Wildman–Crippen MR) is 63.4 cm³/mol. The van der Waals surface area contributed by atoms with E-state index in [-0.39, 0.29) is 30.1 Å². The van der Waals surface area contributed by atoms with E-state index in [1.807, 2.05) is 0 Å². The lowest BCUT2D eigenvalue weighted by molar-refractivity contribution is 0.100. The quantitative estimate of drug-likeness (QED) is 0.435. The van der Waals surface area contributed by atoms with Gasteiger partial charge in [-0.2, -0.15) is 0 Å². The van der Waals surface area contributed by atoms with Gasteiger partial charge in [0.05, 0.1) is 11.3 Å². The highest BCUT2D eigenvalue weighted by Crippen LogP contribution is 2.21. The Morgan fingerprint density at radius 3 is 2.56 bits per heavy atom. The number of hydrogen-bond donors (Lipinski definition) is 4. The van der Waals surface area contributed by atoms with E-state index in [0.717, 1.165) is 6.07 Å². The van der Waals surface area contributed by atoms with Gasteiger partial charge in [0.1, 0.15) is 12.4 Å². The van der Waals surface area contributed by atoms with Gasteiger partial charge in [0.2, 0.25) is 0 Å². The SMILES string of the molecule is NC(=O)OCCNc1cc(C(N)=O)c(N)cc1F. The van der Waals surface area contributed by atoms with Crippen molar-refractivity contribution in [3.8, 4) is 0 Å². The topological polar surface area (TPSA) is 133 Å². The molecule has 1 aromatic rings. The van der Waals surface area contributed by atoms with Crippen molar-refractivity contribution in [1.29, 1.82) is 0 Å². The van der Waals surface area contributed by atoms with Gasteiger partial charge in [-0.05, 0) is 12.1 Å². The van der Waals surface area contributed by atoms with Crippen LogP contribution in [0.15, 0.2) is 12.1 Å². The number of carbonyl (C=O) groups excluding carboxylic acids is 2. The van der Waals surface area contributed by atoms with Crippen molar-refractivity contribution in [3.63, 3.8) is 0 Å². The molecule has 0 saturated carbocycles. The molecule has 0 aliphatic rings. The van der Waals surface area contributed by atoms with Gasteiger partial charge in [-0.25, -0.2) is 9.18 Å². The summed E-state index contributed by atoms with van der Waals surface area (Å²) < 4.78 is 17.9. The fraction of sp³-hybridized carbons (Fsp3) is 0.200. The molecule has 2 amide bonds. The molecule has 7 N–H and O–H groups in total. The summed E-state index contributed by atoms with van der Waals surface area (Å²) >= 11 is 0. The van der Waals surface area contributed by atoms with Crippen molar-refractivity contribution >= 4 is 23.4 Å². The third-order valence-corrected chi connectivity index (χ3v) is 2.07. The van der Waals surface area contributed by atoms with Crippen LogP contribution in [0.2, 0.25) is 0 Å². The summed E-state index contributed by atoms with van der Waals surface area (Å²) in [6, 6.07) is 2.18. The molecule has 0 saturated heterocycles. The van der Waals surface area contributed by atoms with E-state index >= 15 is 0 Å². The van der Waals surface area contributed by atoms with Gasteiger partial charge in [-0.1, -0.05) is 0 Å². The second-order valence-electron chi connectivity index (χ2n) is 3.38. The molecule has 1 aromatic carbocycles. The van der Waals surface area contributed by atoms with Gasteiger partial charge < -0.3 is 27.3 Å². The minimum Gasteiger partial charge on any atom is -0.448 e. The summed E-state index contributed by atoms with van der Waals surface area (Å²) in [6.07, 6.45) is -0.924. The van der Waals surface area contributed by atoms with Crippen molar-refractivity contribution in [2.75, 3.05) is 24.2 Å². The number of nitrogen functional groups attached to an aromatic ring is 1. The molecule has 0 unspecified atom stereocenters. The number of carbonyl (C=O) groups is 2. The molecule has 18 heavy (non-hydrogen) atoms. The van der Waals surface area contributed by atoms with Crippen LogP contribution < -0.4 is 22.5 Å². The molecule has 0 radical (unpaired) electrons. The van der Waals surface area contributed by atoms with Crippen LogP contribution in [0.3, 0.4) is 0 Å². The molecule has 0 bridgehead atoms. The molecule has 0 aliphatic carbocycles. The number of benzene rings is 1. The molecule has 0 aromatic heterocycles. The maximum atomic E-state index is 13.5. The van der Waals surface area contributed by atoms with E-state index in [1.165, 1.54) is 6.07 Å². The molecule has 0 fully saturated rings. The first-order chi connectivity index (χ1) is 8.41. The predicted octanol–water partition coefficient (Wildman–Crippen LogP) is 0.0140. The van der Waals surface area contributed by atoms with Crippen LogP contribution in [-0.4, -0.2) is 25.2 Å². The number of rotatable bonds is 5. The monoisotopic (exact) mass is 256 g/mol. The first-order valence-electron chi connectivity index (χ1n) is 4.96. The van der Waals surface area contributed by atoms with Gasteiger partial charge in [0.25, 0.3) is 5.91 Å². The summed E-state index contributed by atoms with van der Waals surface area (Å²) in [4.78, 5) is 21.3. The standard InChI is InChI=1S/C10H13FN4O3/c11-6-4-7(12)5(9(13)16)3-8(6)15-1-2-18-10(14)17/h3-4,15H,1-2,12H2,(H2,13,16)(H2,14,17). The largest absolute Gasteiger partial charge is 0.448 e. The number of primary amides is 2. The zero-order valence-electron chi connectivity index (χ0n) is 9.40. The summed E-state index contributed by atoms with van der Waals surface area (Å²) in [5, 5.41) is 2.62. The Kier molecular flexibility index (Phi) is 4.30. The second-order valence-corrected chi connectivity index (χ2v) is 3.38. The number of nitrogens with two attached hydrogens (primary N) is 3.